The van der Waals surface area contributed by atoms with Crippen molar-refractivity contribution in [1.82, 2.24) is 14.5 Å². The van der Waals surface area contributed by atoms with Crippen LogP contribution in [0.4, 0.5) is 10.2 Å². The Hall–Kier alpha value is -3.13. The first-order valence-electron chi connectivity index (χ1n) is 10.7. The van der Waals surface area contributed by atoms with Crippen LogP contribution in [0, 0.1) is 5.82 Å². The van der Waals surface area contributed by atoms with Crippen molar-refractivity contribution >= 4 is 52.8 Å². The van der Waals surface area contributed by atoms with Gasteiger partial charge in [0.1, 0.15) is 11.6 Å². The Morgan fingerprint density at radius 3 is 2.49 bits per heavy atom. The van der Waals surface area contributed by atoms with E-state index in [2.05, 4.69) is 14.9 Å². The third-order valence-electron chi connectivity index (χ3n) is 5.23. The second-order valence-electron chi connectivity index (χ2n) is 7.43. The number of thioether (sulfide) groups is 1. The van der Waals surface area contributed by atoms with Crippen LogP contribution in [0.15, 0.2) is 72.0 Å². The first kappa shape index (κ1) is 25.0. The van der Waals surface area contributed by atoms with E-state index in [1.54, 1.807) is 48.7 Å². The number of anilines is 1. The molecule has 0 fully saturated rings. The summed E-state index contributed by atoms with van der Waals surface area (Å²) in [6, 6.07) is 15.0. The van der Waals surface area contributed by atoms with Gasteiger partial charge in [0.2, 0.25) is 5.91 Å². The normalized spacial score (nSPS) is 11.2. The van der Waals surface area contributed by atoms with Gasteiger partial charge in [-0.25, -0.2) is 14.4 Å². The van der Waals surface area contributed by atoms with Gasteiger partial charge in [-0.15, -0.1) is 0 Å². The van der Waals surface area contributed by atoms with Crippen molar-refractivity contribution in [3.8, 4) is 22.5 Å². The van der Waals surface area contributed by atoms with Crippen LogP contribution in [0.1, 0.15) is 12.5 Å². The molecule has 1 N–H and O–H groups in total. The van der Waals surface area contributed by atoms with Gasteiger partial charge in [0, 0.05) is 45.6 Å². The molecule has 0 saturated heterocycles. The Labute approximate surface area is 217 Å². The Bertz CT molecular complexity index is 1380. The number of halogens is 3. The molecule has 5 nitrogen and oxygen atoms in total. The van der Waals surface area contributed by atoms with Gasteiger partial charge in [0.25, 0.3) is 0 Å². The van der Waals surface area contributed by atoms with Crippen molar-refractivity contribution < 1.29 is 9.18 Å². The molecule has 0 bridgehead atoms. The molecule has 2 aromatic heterocycles. The number of nitrogens with one attached hydrogen (secondary N) is 1. The number of hydrogen-bond acceptors (Lipinski definition) is 4. The van der Waals surface area contributed by atoms with Gasteiger partial charge in [-0.05, 0) is 67.8 Å². The molecule has 35 heavy (non-hydrogen) atoms. The largest absolute Gasteiger partial charge is 0.319 e. The van der Waals surface area contributed by atoms with E-state index in [-0.39, 0.29) is 11.7 Å². The summed E-state index contributed by atoms with van der Waals surface area (Å²) in [7, 11) is 0. The molecule has 0 spiro atoms. The molecule has 1 amide bonds. The third-order valence-corrected chi connectivity index (χ3v) is 6.57. The highest BCUT2D eigenvalue weighted by Crippen LogP contribution is 2.36. The number of pyridine rings is 1. The monoisotopic (exact) mass is 526 g/mol. The van der Waals surface area contributed by atoms with Crippen LogP contribution in [0.3, 0.4) is 0 Å². The topological polar surface area (TPSA) is 59.8 Å². The number of aromatic nitrogens is 3. The van der Waals surface area contributed by atoms with E-state index < -0.39 is 0 Å². The molecular weight excluding hydrogens is 506 g/mol. The maximum atomic E-state index is 13.5. The fraction of sp³-hybridized carbons (Fsp3) is 0.115. The van der Waals surface area contributed by atoms with Crippen molar-refractivity contribution in [3.05, 3.63) is 88.3 Å². The van der Waals surface area contributed by atoms with Gasteiger partial charge in [-0.1, -0.05) is 41.0 Å². The lowest BCUT2D eigenvalue weighted by Crippen LogP contribution is -2.09. The summed E-state index contributed by atoms with van der Waals surface area (Å²) in [6.07, 6.45) is 6.50. The molecule has 9 heteroatoms. The van der Waals surface area contributed by atoms with Crippen molar-refractivity contribution in [2.75, 3.05) is 11.6 Å². The van der Waals surface area contributed by atoms with Gasteiger partial charge in [-0.3, -0.25) is 4.79 Å². The Morgan fingerprint density at radius 2 is 1.83 bits per heavy atom. The van der Waals surface area contributed by atoms with Gasteiger partial charge in [0.15, 0.2) is 5.16 Å². The lowest BCUT2D eigenvalue weighted by atomic mass is 10.1. The van der Waals surface area contributed by atoms with E-state index >= 15 is 0 Å². The fourth-order valence-electron chi connectivity index (χ4n) is 3.63. The summed E-state index contributed by atoms with van der Waals surface area (Å²) >= 11 is 13.9. The summed E-state index contributed by atoms with van der Waals surface area (Å²) in [4.78, 5) is 21.7. The van der Waals surface area contributed by atoms with Gasteiger partial charge in [-0.2, -0.15) is 0 Å². The van der Waals surface area contributed by atoms with Crippen LogP contribution in [0.2, 0.25) is 10.0 Å². The van der Waals surface area contributed by atoms with Gasteiger partial charge < -0.3 is 9.88 Å². The number of imidazole rings is 1. The number of carbonyl (C=O) groups excluding carboxylic acids is 1. The second kappa shape index (κ2) is 11.1. The average Bonchev–Trinajstić information content (AvgIpc) is 3.23. The number of hydrogen-bond donors (Lipinski definition) is 1. The standard InChI is InChI=1S/C26H21Cl2FN4OS/c1-3-33-25(24(32-26(33)35-2)16-7-9-18(29)10-8-16)17-13-14-30-22(15-17)31-23(34)12-11-19-20(27)5-4-6-21(19)28/h4-15H,3H2,1-2H3,(H,30,31,34)/b12-11+. The smallest absolute Gasteiger partial charge is 0.249 e. The average molecular weight is 527 g/mol. The SMILES string of the molecule is CCn1c(SC)nc(-c2ccc(F)cc2)c1-c1ccnc(NC(=O)/C=C/c2c(Cl)cccc2Cl)c1. The zero-order valence-corrected chi connectivity index (χ0v) is 21.3. The molecule has 0 atom stereocenters. The summed E-state index contributed by atoms with van der Waals surface area (Å²) < 4.78 is 15.6. The molecule has 4 aromatic rings. The summed E-state index contributed by atoms with van der Waals surface area (Å²) in [5.74, 6) is -0.310. The molecule has 4 rings (SSSR count). The highest BCUT2D eigenvalue weighted by molar-refractivity contribution is 7.98. The van der Waals surface area contributed by atoms with Gasteiger partial charge in [0.05, 0.1) is 11.4 Å². The summed E-state index contributed by atoms with van der Waals surface area (Å²) in [5, 5.41) is 4.52. The van der Waals surface area contributed by atoms with E-state index in [0.29, 0.717) is 28.0 Å². The zero-order chi connectivity index (χ0) is 24.9. The molecule has 2 aromatic carbocycles. The highest BCUT2D eigenvalue weighted by atomic mass is 35.5. The molecular formula is C26H21Cl2FN4OS. The Morgan fingerprint density at radius 1 is 1.11 bits per heavy atom. The number of rotatable bonds is 7. The van der Waals surface area contributed by atoms with Crippen LogP contribution < -0.4 is 5.32 Å². The van der Waals surface area contributed by atoms with E-state index in [1.165, 1.54) is 30.0 Å². The maximum absolute atomic E-state index is 13.5. The molecule has 0 aliphatic heterocycles. The summed E-state index contributed by atoms with van der Waals surface area (Å²) in [5.41, 5.74) is 3.77. The zero-order valence-electron chi connectivity index (χ0n) is 18.9. The molecule has 2 heterocycles. The lowest BCUT2D eigenvalue weighted by Gasteiger charge is -2.11. The van der Waals surface area contributed by atoms with Crippen LogP contribution >= 0.6 is 35.0 Å². The first-order chi connectivity index (χ1) is 16.9. The van der Waals surface area contributed by atoms with Crippen LogP contribution in [-0.4, -0.2) is 26.7 Å². The minimum atomic E-state index is -0.377. The molecule has 178 valence electrons. The highest BCUT2D eigenvalue weighted by Gasteiger charge is 2.19. The van der Waals surface area contributed by atoms with Crippen LogP contribution in [-0.2, 0) is 11.3 Å². The minimum absolute atomic E-state index is 0.310. The molecule has 0 saturated carbocycles. The van der Waals surface area contributed by atoms with Crippen LogP contribution in [0.25, 0.3) is 28.6 Å². The number of nitrogens with zero attached hydrogens (tertiary/aromatic N) is 3. The Balaban J connectivity index is 1.67. The van der Waals surface area contributed by atoms with Crippen molar-refractivity contribution in [2.24, 2.45) is 0 Å². The number of amides is 1. The number of benzene rings is 2. The van der Waals surface area contributed by atoms with Crippen LogP contribution in [0.5, 0.6) is 0 Å². The predicted octanol–water partition coefficient (Wildman–Crippen LogP) is 7.45. The van der Waals surface area contributed by atoms with E-state index in [0.717, 1.165) is 27.7 Å². The van der Waals surface area contributed by atoms with E-state index in [9.17, 15) is 9.18 Å². The molecule has 0 radical (unpaired) electrons. The first-order valence-corrected chi connectivity index (χ1v) is 12.7. The lowest BCUT2D eigenvalue weighted by molar-refractivity contribution is -0.111. The maximum Gasteiger partial charge on any atom is 0.249 e. The molecule has 0 unspecified atom stereocenters. The second-order valence-corrected chi connectivity index (χ2v) is 9.02. The van der Waals surface area contributed by atoms with Crippen molar-refractivity contribution in [1.29, 1.82) is 0 Å². The predicted molar refractivity (Wildman–Crippen MR) is 142 cm³/mol. The quantitative estimate of drug-likeness (QED) is 0.200. The molecule has 0 aliphatic carbocycles. The minimum Gasteiger partial charge on any atom is -0.319 e. The van der Waals surface area contributed by atoms with E-state index in [4.69, 9.17) is 28.2 Å². The summed E-state index contributed by atoms with van der Waals surface area (Å²) in [6.45, 7) is 2.72. The number of carbonyl (C=O) groups is 1. The van der Waals surface area contributed by atoms with Crippen molar-refractivity contribution in [3.63, 3.8) is 0 Å². The fourth-order valence-corrected chi connectivity index (χ4v) is 4.77. The third kappa shape index (κ3) is 5.59. The Kier molecular flexibility index (Phi) is 7.90. The van der Waals surface area contributed by atoms with Gasteiger partial charge >= 0.3 is 0 Å². The van der Waals surface area contributed by atoms with Crippen molar-refractivity contribution in [2.45, 2.75) is 18.6 Å². The van der Waals surface area contributed by atoms with E-state index in [1.807, 2.05) is 19.2 Å². The molecule has 0 aliphatic rings.